The maximum absolute atomic E-state index is 10.7. The van der Waals surface area contributed by atoms with Gasteiger partial charge in [-0.25, -0.2) is 0 Å². The van der Waals surface area contributed by atoms with Crippen LogP contribution in [0.2, 0.25) is 5.02 Å². The van der Waals surface area contributed by atoms with Crippen LogP contribution in [-0.2, 0) is 11.2 Å². The highest BCUT2D eigenvalue weighted by Gasteiger charge is 2.16. The van der Waals surface area contributed by atoms with Gasteiger partial charge in [0, 0.05) is 11.8 Å². The predicted molar refractivity (Wildman–Crippen MR) is 69.9 cm³/mol. The lowest BCUT2D eigenvalue weighted by atomic mass is 10.0. The second-order valence-electron chi connectivity index (χ2n) is 3.77. The zero-order chi connectivity index (χ0) is 12.4. The number of aliphatic carboxylic acids is 1. The number of hydrogen-bond donors (Lipinski definition) is 1. The highest BCUT2D eigenvalue weighted by molar-refractivity contribution is 6.36. The Morgan fingerprint density at radius 3 is 2.65 bits per heavy atom. The van der Waals surface area contributed by atoms with Gasteiger partial charge in [-0.2, -0.15) is 0 Å². The summed E-state index contributed by atoms with van der Waals surface area (Å²) in [6.45, 7) is 0. The lowest BCUT2D eigenvalue weighted by Gasteiger charge is -2.09. The van der Waals surface area contributed by atoms with Gasteiger partial charge in [0.2, 0.25) is 0 Å². The minimum atomic E-state index is -1.03. The van der Waals surface area contributed by atoms with Crippen LogP contribution in [0.15, 0.2) is 36.4 Å². The third-order valence-electron chi connectivity index (χ3n) is 2.61. The zero-order valence-corrected chi connectivity index (χ0v) is 10.4. The number of carbonyl (C=O) groups is 1. The molecule has 0 aromatic heterocycles. The summed E-state index contributed by atoms with van der Waals surface area (Å²) in [4.78, 5) is 10.7. The van der Waals surface area contributed by atoms with Gasteiger partial charge in [-0.15, -0.1) is 11.6 Å². The molecule has 0 bridgehead atoms. The fourth-order valence-electron chi connectivity index (χ4n) is 1.72. The molecule has 0 amide bonds. The lowest BCUT2D eigenvalue weighted by Crippen LogP contribution is -2.16. The minimum Gasteiger partial charge on any atom is -0.480 e. The summed E-state index contributed by atoms with van der Waals surface area (Å²) in [5.74, 6) is -1.03. The van der Waals surface area contributed by atoms with Crippen molar-refractivity contribution in [3.63, 3.8) is 0 Å². The van der Waals surface area contributed by atoms with Crippen LogP contribution in [0.3, 0.4) is 0 Å². The van der Waals surface area contributed by atoms with E-state index in [0.717, 1.165) is 16.3 Å². The van der Waals surface area contributed by atoms with Gasteiger partial charge < -0.3 is 5.11 Å². The monoisotopic (exact) mass is 268 g/mol. The summed E-state index contributed by atoms with van der Waals surface area (Å²) in [7, 11) is 0. The summed E-state index contributed by atoms with van der Waals surface area (Å²) in [5, 5.41) is 10.3. The number of carboxylic acids is 1. The van der Waals surface area contributed by atoms with Crippen LogP contribution in [-0.4, -0.2) is 16.5 Å². The van der Waals surface area contributed by atoms with E-state index in [1.165, 1.54) is 0 Å². The van der Waals surface area contributed by atoms with E-state index < -0.39 is 11.3 Å². The molecule has 4 heteroatoms. The van der Waals surface area contributed by atoms with Gasteiger partial charge in [0.15, 0.2) is 0 Å². The second kappa shape index (κ2) is 4.94. The molecule has 0 radical (unpaired) electrons. The van der Waals surface area contributed by atoms with Crippen molar-refractivity contribution in [3.8, 4) is 0 Å². The van der Waals surface area contributed by atoms with E-state index in [1.54, 1.807) is 0 Å². The van der Waals surface area contributed by atoms with E-state index in [1.807, 2.05) is 36.4 Å². The summed E-state index contributed by atoms with van der Waals surface area (Å²) in [6.07, 6.45) is 0.223. The molecular weight excluding hydrogens is 259 g/mol. The quantitative estimate of drug-likeness (QED) is 0.862. The van der Waals surface area contributed by atoms with Crippen LogP contribution >= 0.6 is 23.2 Å². The highest BCUT2D eigenvalue weighted by atomic mass is 35.5. The maximum Gasteiger partial charge on any atom is 0.321 e. The van der Waals surface area contributed by atoms with Crippen molar-refractivity contribution in [2.24, 2.45) is 0 Å². The minimum absolute atomic E-state index is 0.223. The number of carboxylic acid groups (broad SMARTS) is 1. The molecule has 0 heterocycles. The van der Waals surface area contributed by atoms with Crippen molar-refractivity contribution < 1.29 is 9.90 Å². The number of alkyl halides is 1. The van der Waals surface area contributed by atoms with E-state index >= 15 is 0 Å². The van der Waals surface area contributed by atoms with Crippen molar-refractivity contribution in [1.29, 1.82) is 0 Å². The van der Waals surface area contributed by atoms with E-state index in [-0.39, 0.29) is 6.42 Å². The summed E-state index contributed by atoms with van der Waals surface area (Å²) in [5.41, 5.74) is 0.757. The molecule has 17 heavy (non-hydrogen) atoms. The number of rotatable bonds is 3. The fraction of sp³-hybridized carbons (Fsp3) is 0.154. The topological polar surface area (TPSA) is 37.3 Å². The van der Waals surface area contributed by atoms with Crippen molar-refractivity contribution >= 4 is 39.9 Å². The fourth-order valence-corrected chi connectivity index (χ4v) is 2.20. The molecular formula is C13H10Cl2O2. The Kier molecular flexibility index (Phi) is 3.55. The zero-order valence-electron chi connectivity index (χ0n) is 8.86. The third kappa shape index (κ3) is 2.54. The Bertz CT molecular complexity index is 566. The molecule has 2 nitrogen and oxygen atoms in total. The van der Waals surface area contributed by atoms with Crippen LogP contribution in [0.1, 0.15) is 5.56 Å². The number of hydrogen-bond acceptors (Lipinski definition) is 1. The Morgan fingerprint density at radius 2 is 1.94 bits per heavy atom. The second-order valence-corrected chi connectivity index (χ2v) is 4.67. The molecule has 0 spiro atoms. The molecule has 2 rings (SSSR count). The largest absolute Gasteiger partial charge is 0.480 e. The Balaban J connectivity index is 2.42. The Labute approximate surface area is 109 Å². The van der Waals surface area contributed by atoms with Crippen LogP contribution in [0.25, 0.3) is 10.8 Å². The predicted octanol–water partition coefficient (Wildman–Crippen LogP) is 3.73. The molecule has 88 valence electrons. The first-order valence-corrected chi connectivity index (χ1v) is 5.94. The molecule has 0 fully saturated rings. The summed E-state index contributed by atoms with van der Waals surface area (Å²) < 4.78 is 0. The number of halogens is 2. The van der Waals surface area contributed by atoms with Crippen LogP contribution < -0.4 is 0 Å². The number of fused-ring (bicyclic) bond motifs is 1. The molecule has 0 unspecified atom stereocenters. The first-order chi connectivity index (χ1) is 8.09. The summed E-state index contributed by atoms with van der Waals surface area (Å²) in [6, 6.07) is 11.4. The van der Waals surface area contributed by atoms with Gasteiger partial charge in [0.1, 0.15) is 5.38 Å². The smallest absolute Gasteiger partial charge is 0.321 e. The third-order valence-corrected chi connectivity index (χ3v) is 3.40. The van der Waals surface area contributed by atoms with Gasteiger partial charge in [0.05, 0.1) is 5.02 Å². The van der Waals surface area contributed by atoms with Gasteiger partial charge in [-0.05, 0) is 10.9 Å². The maximum atomic E-state index is 10.7. The average molecular weight is 269 g/mol. The van der Waals surface area contributed by atoms with Gasteiger partial charge in [-0.1, -0.05) is 48.0 Å². The Morgan fingerprint density at radius 1 is 1.24 bits per heavy atom. The molecule has 0 saturated heterocycles. The molecule has 1 N–H and O–H groups in total. The van der Waals surface area contributed by atoms with Crippen molar-refractivity contribution in [2.45, 2.75) is 11.8 Å². The first-order valence-electron chi connectivity index (χ1n) is 5.12. The highest BCUT2D eigenvalue weighted by Crippen LogP contribution is 2.28. The molecule has 1 atom stereocenters. The lowest BCUT2D eigenvalue weighted by molar-refractivity contribution is -0.136. The van der Waals surface area contributed by atoms with E-state index in [2.05, 4.69) is 0 Å². The summed E-state index contributed by atoms with van der Waals surface area (Å²) >= 11 is 12.0. The van der Waals surface area contributed by atoms with Gasteiger partial charge in [0.25, 0.3) is 0 Å². The van der Waals surface area contributed by atoms with Crippen molar-refractivity contribution in [1.82, 2.24) is 0 Å². The normalized spacial score (nSPS) is 12.6. The van der Waals surface area contributed by atoms with E-state index in [9.17, 15) is 4.79 Å². The molecule has 0 aliphatic heterocycles. The van der Waals surface area contributed by atoms with Gasteiger partial charge in [-0.3, -0.25) is 4.79 Å². The Hall–Kier alpha value is -1.25. The molecule has 0 aliphatic rings. The van der Waals surface area contributed by atoms with Crippen LogP contribution in [0.5, 0.6) is 0 Å². The SMILES string of the molecule is O=C(O)[C@H](Cl)Cc1ccc2ccccc2c1Cl. The van der Waals surface area contributed by atoms with Crippen molar-refractivity contribution in [3.05, 3.63) is 47.0 Å². The first kappa shape index (κ1) is 12.2. The van der Waals surface area contributed by atoms with Crippen LogP contribution in [0.4, 0.5) is 0 Å². The molecule has 2 aromatic carbocycles. The molecule has 0 aliphatic carbocycles. The van der Waals surface area contributed by atoms with Crippen molar-refractivity contribution in [2.75, 3.05) is 0 Å². The van der Waals surface area contributed by atoms with E-state index in [0.29, 0.717) is 5.02 Å². The molecule has 2 aromatic rings. The number of benzene rings is 2. The van der Waals surface area contributed by atoms with E-state index in [4.69, 9.17) is 28.3 Å². The molecule has 0 saturated carbocycles. The van der Waals surface area contributed by atoms with Crippen LogP contribution in [0, 0.1) is 0 Å². The van der Waals surface area contributed by atoms with Gasteiger partial charge >= 0.3 is 5.97 Å². The standard InChI is InChI=1S/C13H10Cl2O2/c14-11(13(16)17)7-9-6-5-8-3-1-2-4-10(8)12(9)15/h1-6,11H,7H2,(H,16,17)/t11-/m1/s1. The average Bonchev–Trinajstić information content (AvgIpc) is 2.33.